The van der Waals surface area contributed by atoms with Gasteiger partial charge in [0.1, 0.15) is 10.6 Å². The lowest BCUT2D eigenvalue weighted by Gasteiger charge is -2.06. The van der Waals surface area contributed by atoms with Crippen molar-refractivity contribution in [3.8, 4) is 16.9 Å². The van der Waals surface area contributed by atoms with E-state index in [1.165, 1.54) is 0 Å². The van der Waals surface area contributed by atoms with Crippen LogP contribution in [0.3, 0.4) is 0 Å². The van der Waals surface area contributed by atoms with Gasteiger partial charge >= 0.3 is 0 Å². The van der Waals surface area contributed by atoms with Gasteiger partial charge in [0.25, 0.3) is 5.56 Å². The first-order chi connectivity index (χ1) is 11.2. The summed E-state index contributed by atoms with van der Waals surface area (Å²) in [5, 5.41) is 0.681. The number of ether oxygens (including phenoxy) is 1. The number of allylic oxidation sites excluding steroid dienone is 1. The predicted molar refractivity (Wildman–Crippen MR) is 95.4 cm³/mol. The van der Waals surface area contributed by atoms with Crippen LogP contribution in [0.5, 0.6) is 5.75 Å². The minimum atomic E-state index is -0.0249. The normalized spacial score (nSPS) is 10.9. The van der Waals surface area contributed by atoms with Crippen molar-refractivity contribution >= 4 is 21.6 Å². The van der Waals surface area contributed by atoms with Gasteiger partial charge in [0, 0.05) is 17.0 Å². The van der Waals surface area contributed by atoms with Crippen molar-refractivity contribution in [3.63, 3.8) is 0 Å². The minimum Gasteiger partial charge on any atom is -0.494 e. The Kier molecular flexibility index (Phi) is 4.30. The van der Waals surface area contributed by atoms with Crippen LogP contribution in [0.1, 0.15) is 11.8 Å². The van der Waals surface area contributed by atoms with E-state index in [-0.39, 0.29) is 5.56 Å². The summed E-state index contributed by atoms with van der Waals surface area (Å²) in [6.45, 7) is 8.76. The van der Waals surface area contributed by atoms with E-state index in [0.717, 1.165) is 26.6 Å². The van der Waals surface area contributed by atoms with Crippen LogP contribution in [0.25, 0.3) is 21.3 Å². The van der Waals surface area contributed by atoms with Crippen molar-refractivity contribution in [3.05, 3.63) is 58.5 Å². The third-order valence-electron chi connectivity index (χ3n) is 3.63. The van der Waals surface area contributed by atoms with Gasteiger partial charge in [0.05, 0.1) is 18.3 Å². The number of aromatic nitrogens is 2. The summed E-state index contributed by atoms with van der Waals surface area (Å²) in [5.41, 5.74) is 1.94. The summed E-state index contributed by atoms with van der Waals surface area (Å²) in [6, 6.07) is 7.84. The Bertz CT molecular complexity index is 907. The van der Waals surface area contributed by atoms with Gasteiger partial charge in [-0.05, 0) is 31.5 Å². The lowest BCUT2D eigenvalue weighted by Crippen LogP contribution is -2.19. The molecule has 23 heavy (non-hydrogen) atoms. The molecule has 3 rings (SSSR count). The Balaban J connectivity index is 2.19. The zero-order valence-corrected chi connectivity index (χ0v) is 14.0. The highest BCUT2D eigenvalue weighted by Crippen LogP contribution is 2.36. The van der Waals surface area contributed by atoms with Crippen LogP contribution in [0.15, 0.2) is 48.0 Å². The average molecular weight is 326 g/mol. The molecular weight excluding hydrogens is 308 g/mol. The molecule has 4 nitrogen and oxygen atoms in total. The summed E-state index contributed by atoms with van der Waals surface area (Å²) in [4.78, 5) is 19.0. The van der Waals surface area contributed by atoms with Gasteiger partial charge in [-0.2, -0.15) is 0 Å². The van der Waals surface area contributed by atoms with E-state index in [4.69, 9.17) is 4.74 Å². The van der Waals surface area contributed by atoms with E-state index in [2.05, 4.69) is 11.6 Å². The number of aryl methyl sites for hydroxylation is 1. The smallest absolute Gasteiger partial charge is 0.263 e. The fraction of sp³-hybridized carbons (Fsp3) is 0.222. The zero-order valence-electron chi connectivity index (χ0n) is 13.2. The number of rotatable bonds is 5. The largest absolute Gasteiger partial charge is 0.494 e. The van der Waals surface area contributed by atoms with Gasteiger partial charge < -0.3 is 4.74 Å². The SMILES string of the molecule is C=CCn1cnc2sc(C)c(-c3ccc(OCC)cc3)c2c1=O. The molecule has 0 atom stereocenters. The fourth-order valence-corrected chi connectivity index (χ4v) is 3.64. The Morgan fingerprint density at radius 2 is 2.09 bits per heavy atom. The predicted octanol–water partition coefficient (Wildman–Crippen LogP) is 4.02. The topological polar surface area (TPSA) is 44.1 Å². The van der Waals surface area contributed by atoms with Crippen LogP contribution < -0.4 is 10.3 Å². The summed E-state index contributed by atoms with van der Waals surface area (Å²) in [5.74, 6) is 0.829. The van der Waals surface area contributed by atoms with E-state index in [1.54, 1.807) is 28.3 Å². The molecule has 0 bridgehead atoms. The molecule has 0 saturated heterocycles. The number of hydrogen-bond donors (Lipinski definition) is 0. The molecule has 0 unspecified atom stereocenters. The van der Waals surface area contributed by atoms with Gasteiger partial charge in [0.15, 0.2) is 0 Å². The van der Waals surface area contributed by atoms with Crippen molar-refractivity contribution in [2.45, 2.75) is 20.4 Å². The number of fused-ring (bicyclic) bond motifs is 1. The molecule has 0 aliphatic heterocycles. The molecule has 118 valence electrons. The van der Waals surface area contributed by atoms with E-state index >= 15 is 0 Å². The Morgan fingerprint density at radius 3 is 2.74 bits per heavy atom. The third-order valence-corrected chi connectivity index (χ3v) is 4.65. The third kappa shape index (κ3) is 2.80. The molecule has 3 aromatic rings. The Morgan fingerprint density at radius 1 is 1.35 bits per heavy atom. The number of nitrogens with zero attached hydrogens (tertiary/aromatic N) is 2. The maximum absolute atomic E-state index is 12.8. The summed E-state index contributed by atoms with van der Waals surface area (Å²) < 4.78 is 7.07. The van der Waals surface area contributed by atoms with Crippen LogP contribution in [-0.4, -0.2) is 16.2 Å². The van der Waals surface area contributed by atoms with Gasteiger partial charge in [-0.3, -0.25) is 9.36 Å². The highest BCUT2D eigenvalue weighted by atomic mass is 32.1. The summed E-state index contributed by atoms with van der Waals surface area (Å²) in [7, 11) is 0. The molecule has 0 aliphatic rings. The van der Waals surface area contributed by atoms with Gasteiger partial charge in [-0.1, -0.05) is 18.2 Å². The van der Waals surface area contributed by atoms with Crippen molar-refractivity contribution in [1.29, 1.82) is 0 Å². The number of hydrogen-bond acceptors (Lipinski definition) is 4. The standard InChI is InChI=1S/C18H18N2O2S/c1-4-10-20-11-19-17-16(18(20)21)15(12(3)23-17)13-6-8-14(9-7-13)22-5-2/h4,6-9,11H,1,5,10H2,2-3H3. The molecule has 0 spiro atoms. The van der Waals surface area contributed by atoms with Crippen molar-refractivity contribution < 1.29 is 4.74 Å². The molecule has 2 heterocycles. The van der Waals surface area contributed by atoms with Crippen LogP contribution in [0.4, 0.5) is 0 Å². The van der Waals surface area contributed by atoms with Gasteiger partial charge in [-0.25, -0.2) is 4.98 Å². The highest BCUT2D eigenvalue weighted by Gasteiger charge is 2.16. The number of benzene rings is 1. The van der Waals surface area contributed by atoms with E-state index in [1.807, 2.05) is 38.1 Å². The molecule has 1 aromatic carbocycles. The molecule has 0 saturated carbocycles. The van der Waals surface area contributed by atoms with Crippen molar-refractivity contribution in [2.75, 3.05) is 6.61 Å². The number of thiophene rings is 1. The molecule has 5 heteroatoms. The maximum Gasteiger partial charge on any atom is 0.263 e. The Hall–Kier alpha value is -2.40. The monoisotopic (exact) mass is 326 g/mol. The van der Waals surface area contributed by atoms with Crippen LogP contribution in [-0.2, 0) is 6.54 Å². The first-order valence-electron chi connectivity index (χ1n) is 7.48. The van der Waals surface area contributed by atoms with Crippen molar-refractivity contribution in [2.24, 2.45) is 0 Å². The van der Waals surface area contributed by atoms with Crippen molar-refractivity contribution in [1.82, 2.24) is 9.55 Å². The van der Waals surface area contributed by atoms with E-state index in [0.29, 0.717) is 18.5 Å². The molecule has 0 N–H and O–H groups in total. The quantitative estimate of drug-likeness (QED) is 0.665. The second-order valence-corrected chi connectivity index (χ2v) is 6.36. The molecule has 0 fully saturated rings. The molecule has 2 aromatic heterocycles. The van der Waals surface area contributed by atoms with Crippen LogP contribution >= 0.6 is 11.3 Å². The second-order valence-electron chi connectivity index (χ2n) is 5.16. The molecule has 0 amide bonds. The Labute approximate surface area is 138 Å². The molecule has 0 aliphatic carbocycles. The van der Waals surface area contributed by atoms with E-state index in [9.17, 15) is 4.79 Å². The van der Waals surface area contributed by atoms with E-state index < -0.39 is 0 Å². The molecular formula is C18H18N2O2S. The minimum absolute atomic E-state index is 0.0249. The first kappa shape index (κ1) is 15.5. The van der Waals surface area contributed by atoms with Gasteiger partial charge in [0.2, 0.25) is 0 Å². The second kappa shape index (κ2) is 6.38. The lowest BCUT2D eigenvalue weighted by molar-refractivity contribution is 0.340. The lowest BCUT2D eigenvalue weighted by atomic mass is 10.0. The zero-order chi connectivity index (χ0) is 16.4. The molecule has 0 radical (unpaired) electrons. The maximum atomic E-state index is 12.8. The summed E-state index contributed by atoms with van der Waals surface area (Å²) >= 11 is 1.55. The first-order valence-corrected chi connectivity index (χ1v) is 8.30. The van der Waals surface area contributed by atoms with Crippen LogP contribution in [0.2, 0.25) is 0 Å². The fourth-order valence-electron chi connectivity index (χ4n) is 2.64. The highest BCUT2D eigenvalue weighted by molar-refractivity contribution is 7.19. The van der Waals surface area contributed by atoms with Gasteiger partial charge in [-0.15, -0.1) is 17.9 Å². The van der Waals surface area contributed by atoms with Crippen LogP contribution in [0, 0.1) is 6.92 Å². The summed E-state index contributed by atoms with van der Waals surface area (Å²) in [6.07, 6.45) is 3.29. The average Bonchev–Trinajstić information content (AvgIpc) is 2.88.